The highest BCUT2D eigenvalue weighted by Gasteiger charge is 2.21. The van der Waals surface area contributed by atoms with Gasteiger partial charge in [0.25, 0.3) is 0 Å². The van der Waals surface area contributed by atoms with Crippen LogP contribution < -0.4 is 4.74 Å². The van der Waals surface area contributed by atoms with Crippen LogP contribution in [0.4, 0.5) is 0 Å². The van der Waals surface area contributed by atoms with Gasteiger partial charge in [-0.2, -0.15) is 0 Å². The van der Waals surface area contributed by atoms with Crippen molar-refractivity contribution in [1.29, 1.82) is 0 Å². The molecule has 7 heteroatoms. The molecule has 2 rings (SSSR count). The van der Waals surface area contributed by atoms with Crippen LogP contribution in [0.5, 0.6) is 5.75 Å². The highest BCUT2D eigenvalue weighted by molar-refractivity contribution is 6.06. The van der Waals surface area contributed by atoms with Crippen LogP contribution in [0.3, 0.4) is 0 Å². The summed E-state index contributed by atoms with van der Waals surface area (Å²) in [5, 5.41) is 0.706. The first kappa shape index (κ1) is 18.8. The topological polar surface area (TPSA) is 76.0 Å². The molecule has 0 spiro atoms. The Kier molecular flexibility index (Phi) is 6.03. The van der Waals surface area contributed by atoms with Gasteiger partial charge in [0.05, 0.1) is 19.3 Å². The Bertz CT molecular complexity index is 779. The van der Waals surface area contributed by atoms with Crippen LogP contribution in [0.25, 0.3) is 10.9 Å². The van der Waals surface area contributed by atoms with Crippen molar-refractivity contribution >= 4 is 22.8 Å². The Labute approximate surface area is 146 Å². The molecule has 0 aliphatic heterocycles. The summed E-state index contributed by atoms with van der Waals surface area (Å²) in [7, 11) is 4.73. The quantitative estimate of drug-likeness (QED) is 0.564. The lowest BCUT2D eigenvalue weighted by Gasteiger charge is -2.12. The van der Waals surface area contributed by atoms with Gasteiger partial charge in [-0.3, -0.25) is 0 Å². The van der Waals surface area contributed by atoms with Crippen molar-refractivity contribution in [2.24, 2.45) is 7.05 Å². The van der Waals surface area contributed by atoms with E-state index in [9.17, 15) is 9.59 Å². The zero-order valence-corrected chi connectivity index (χ0v) is 15.1. The molecule has 0 aliphatic carbocycles. The van der Waals surface area contributed by atoms with Gasteiger partial charge in [-0.25, -0.2) is 9.59 Å². The summed E-state index contributed by atoms with van der Waals surface area (Å²) in [6, 6.07) is 5.32. The van der Waals surface area contributed by atoms with E-state index in [4.69, 9.17) is 14.2 Å². The van der Waals surface area contributed by atoms with Crippen molar-refractivity contribution in [1.82, 2.24) is 4.57 Å². The maximum Gasteiger partial charge on any atom is 0.346 e. The number of fused-ring (bicyclic) bond motifs is 1. The summed E-state index contributed by atoms with van der Waals surface area (Å²) in [6.07, 6.45) is -0.746. The number of benzene rings is 1. The standard InChI is InChI=1S/C18H23NO6/c1-11-16(18(21)24-9-8-22-4)14-10-13(6-7-15(14)19(11)3)25-12(2)17(20)23-5/h6-7,10,12H,8-9H2,1-5H3/t12-/m1/s1. The van der Waals surface area contributed by atoms with Crippen LogP contribution in [-0.4, -0.2) is 50.0 Å². The number of esters is 2. The third kappa shape index (κ3) is 3.93. The molecule has 0 amide bonds. The van der Waals surface area contributed by atoms with Crippen LogP contribution in [0, 0.1) is 6.92 Å². The molecule has 2 aromatic rings. The van der Waals surface area contributed by atoms with Crippen LogP contribution in [0.15, 0.2) is 18.2 Å². The maximum absolute atomic E-state index is 12.4. The molecular weight excluding hydrogens is 326 g/mol. The predicted molar refractivity (Wildman–Crippen MR) is 91.9 cm³/mol. The zero-order valence-electron chi connectivity index (χ0n) is 15.1. The molecule has 1 aromatic heterocycles. The number of carbonyl (C=O) groups is 2. The first-order valence-corrected chi connectivity index (χ1v) is 7.90. The Morgan fingerprint density at radius 2 is 1.92 bits per heavy atom. The normalized spacial score (nSPS) is 12.0. The van der Waals surface area contributed by atoms with Gasteiger partial charge in [-0.1, -0.05) is 0 Å². The number of nitrogens with zero attached hydrogens (tertiary/aromatic N) is 1. The Hall–Kier alpha value is -2.54. The van der Waals surface area contributed by atoms with Crippen LogP contribution in [0.2, 0.25) is 0 Å². The highest BCUT2D eigenvalue weighted by Crippen LogP contribution is 2.29. The maximum atomic E-state index is 12.4. The summed E-state index contributed by atoms with van der Waals surface area (Å²) in [5.41, 5.74) is 2.13. The second kappa shape index (κ2) is 8.02. The number of carbonyl (C=O) groups excluding carboxylic acids is 2. The van der Waals surface area contributed by atoms with E-state index < -0.39 is 18.0 Å². The minimum atomic E-state index is -0.746. The van der Waals surface area contributed by atoms with E-state index in [1.165, 1.54) is 7.11 Å². The molecule has 0 aliphatic rings. The van der Waals surface area contributed by atoms with Gasteiger partial charge >= 0.3 is 11.9 Å². The lowest BCUT2D eigenvalue weighted by atomic mass is 10.1. The van der Waals surface area contributed by atoms with Gasteiger partial charge in [0.15, 0.2) is 6.10 Å². The van der Waals surface area contributed by atoms with Crippen molar-refractivity contribution < 1.29 is 28.5 Å². The number of aromatic nitrogens is 1. The molecule has 136 valence electrons. The lowest BCUT2D eigenvalue weighted by molar-refractivity contribution is -0.147. The Balaban J connectivity index is 2.37. The molecule has 0 saturated carbocycles. The molecule has 25 heavy (non-hydrogen) atoms. The average Bonchev–Trinajstić information content (AvgIpc) is 2.84. The molecule has 7 nitrogen and oxygen atoms in total. The van der Waals surface area contributed by atoms with Crippen molar-refractivity contribution in [3.05, 3.63) is 29.5 Å². The van der Waals surface area contributed by atoms with E-state index in [1.807, 2.05) is 24.6 Å². The van der Waals surface area contributed by atoms with E-state index in [2.05, 4.69) is 4.74 Å². The van der Waals surface area contributed by atoms with Gasteiger partial charge in [0.1, 0.15) is 12.4 Å². The van der Waals surface area contributed by atoms with Gasteiger partial charge in [-0.15, -0.1) is 0 Å². The van der Waals surface area contributed by atoms with Crippen molar-refractivity contribution in [3.63, 3.8) is 0 Å². The van der Waals surface area contributed by atoms with E-state index in [0.717, 1.165) is 11.2 Å². The van der Waals surface area contributed by atoms with Gasteiger partial charge in [0, 0.05) is 30.8 Å². The van der Waals surface area contributed by atoms with Crippen molar-refractivity contribution in [2.75, 3.05) is 27.4 Å². The van der Waals surface area contributed by atoms with Gasteiger partial charge in [-0.05, 0) is 32.0 Å². The summed E-state index contributed by atoms with van der Waals surface area (Å²) in [4.78, 5) is 24.0. The molecule has 0 unspecified atom stereocenters. The van der Waals surface area contributed by atoms with Crippen LogP contribution >= 0.6 is 0 Å². The zero-order chi connectivity index (χ0) is 18.6. The summed E-state index contributed by atoms with van der Waals surface area (Å²) in [6.45, 7) is 3.97. The minimum absolute atomic E-state index is 0.181. The molecular formula is C18H23NO6. The number of methoxy groups -OCH3 is 2. The predicted octanol–water partition coefficient (Wildman–Crippen LogP) is 2.23. The molecule has 1 heterocycles. The third-order valence-corrected chi connectivity index (χ3v) is 4.03. The SMILES string of the molecule is COCCOC(=O)c1c(C)n(C)c2ccc(O[C@H](C)C(=O)OC)cc12. The molecule has 0 bridgehead atoms. The first-order chi connectivity index (χ1) is 11.9. The lowest BCUT2D eigenvalue weighted by Crippen LogP contribution is -2.24. The van der Waals surface area contributed by atoms with Crippen LogP contribution in [0.1, 0.15) is 23.0 Å². The van der Waals surface area contributed by atoms with E-state index in [-0.39, 0.29) is 6.61 Å². The smallest absolute Gasteiger partial charge is 0.346 e. The number of aryl methyl sites for hydroxylation is 1. The molecule has 1 atom stereocenters. The molecule has 1 aromatic carbocycles. The van der Waals surface area contributed by atoms with Gasteiger partial charge in [0.2, 0.25) is 0 Å². The fourth-order valence-electron chi connectivity index (χ4n) is 2.59. The van der Waals surface area contributed by atoms with Crippen molar-refractivity contribution in [3.8, 4) is 5.75 Å². The third-order valence-electron chi connectivity index (χ3n) is 4.03. The average molecular weight is 349 g/mol. The molecule has 0 radical (unpaired) electrons. The molecule has 0 saturated heterocycles. The van der Waals surface area contributed by atoms with Gasteiger partial charge < -0.3 is 23.5 Å². The van der Waals surface area contributed by atoms with E-state index in [1.54, 1.807) is 26.2 Å². The largest absolute Gasteiger partial charge is 0.479 e. The monoisotopic (exact) mass is 349 g/mol. The number of hydrogen-bond donors (Lipinski definition) is 0. The number of rotatable bonds is 7. The fourth-order valence-corrected chi connectivity index (χ4v) is 2.59. The minimum Gasteiger partial charge on any atom is -0.479 e. The summed E-state index contributed by atoms with van der Waals surface area (Å²) >= 11 is 0. The Morgan fingerprint density at radius 3 is 2.56 bits per heavy atom. The van der Waals surface area contributed by atoms with Crippen molar-refractivity contribution in [2.45, 2.75) is 20.0 Å². The second-order valence-corrected chi connectivity index (χ2v) is 5.61. The van der Waals surface area contributed by atoms with Crippen LogP contribution in [-0.2, 0) is 26.1 Å². The Morgan fingerprint density at radius 1 is 1.20 bits per heavy atom. The fraction of sp³-hybridized carbons (Fsp3) is 0.444. The number of hydrogen-bond acceptors (Lipinski definition) is 6. The molecule has 0 N–H and O–H groups in total. The van der Waals surface area contributed by atoms with E-state index in [0.29, 0.717) is 23.3 Å². The van der Waals surface area contributed by atoms with E-state index >= 15 is 0 Å². The highest BCUT2D eigenvalue weighted by atomic mass is 16.6. The number of ether oxygens (including phenoxy) is 4. The summed E-state index contributed by atoms with van der Waals surface area (Å²) in [5.74, 6) is -0.413. The second-order valence-electron chi connectivity index (χ2n) is 5.61. The summed E-state index contributed by atoms with van der Waals surface area (Å²) < 4.78 is 22.3. The molecule has 0 fully saturated rings. The first-order valence-electron chi connectivity index (χ1n) is 7.90.